The van der Waals surface area contributed by atoms with Crippen LogP contribution in [-0.2, 0) is 18.9 Å². The first-order chi connectivity index (χ1) is 24.6. The van der Waals surface area contributed by atoms with Crippen LogP contribution in [0.15, 0.2) is 45.6 Å². The van der Waals surface area contributed by atoms with Gasteiger partial charge in [0.25, 0.3) is 0 Å². The second kappa shape index (κ2) is 15.0. The summed E-state index contributed by atoms with van der Waals surface area (Å²) in [5.74, 6) is -2.01. The molecule has 0 spiro atoms. The molecule has 52 heavy (non-hydrogen) atoms. The molecule has 286 valence electrons. The molecular weight excluding hydrogens is 700 g/mol. The normalized spacial score (nSPS) is 38.2. The largest absolute Gasteiger partial charge is 0.508 e. The predicted octanol–water partition coefficient (Wildman–Crippen LogP) is -2.89. The standard InChI is InChI=1S/C33H40O19/c1-10-19(36)23(40)26(43)31(47-10)46-9-17-21(38)25(42)28(45)33(51-17)52-30-22(39)18-15(35)7-14(49-32-27(44)24(41)20(37)11(2)48-32)8-16(18)50-29(30)12-3-5-13(34)6-4-12/h3-8,10-11,17,19-21,23-28,31-38,40-45H,9H2,1-2H3/t10-,11-,17-,19-,20-,21+,23+,24+,25+,26+,27+,28-,31-,32+,33+/m1/s1. The average Bonchev–Trinajstić information content (AvgIpc) is 3.11. The molecule has 19 nitrogen and oxygen atoms in total. The van der Waals surface area contributed by atoms with Gasteiger partial charge >= 0.3 is 0 Å². The van der Waals surface area contributed by atoms with Crippen LogP contribution in [0.1, 0.15) is 13.8 Å². The molecule has 3 aliphatic rings. The minimum atomic E-state index is -1.98. The van der Waals surface area contributed by atoms with E-state index in [1.807, 2.05) is 0 Å². The summed E-state index contributed by atoms with van der Waals surface area (Å²) in [7, 11) is 0. The Kier molecular flexibility index (Phi) is 11.0. The Labute approximate surface area is 293 Å². The van der Waals surface area contributed by atoms with Crippen molar-refractivity contribution in [1.82, 2.24) is 0 Å². The van der Waals surface area contributed by atoms with Gasteiger partial charge in [-0.1, -0.05) is 0 Å². The quantitative estimate of drug-likeness (QED) is 0.110. The van der Waals surface area contributed by atoms with Crippen molar-refractivity contribution in [3.8, 4) is 34.3 Å². The highest BCUT2D eigenvalue weighted by molar-refractivity contribution is 5.88. The molecule has 0 amide bonds. The summed E-state index contributed by atoms with van der Waals surface area (Å²) in [4.78, 5) is 14.0. The van der Waals surface area contributed by atoms with E-state index in [-0.39, 0.29) is 28.4 Å². The molecule has 3 aliphatic heterocycles. The molecule has 3 fully saturated rings. The molecule has 11 N–H and O–H groups in total. The van der Waals surface area contributed by atoms with Crippen molar-refractivity contribution in [1.29, 1.82) is 0 Å². The second-order valence-electron chi connectivity index (χ2n) is 12.9. The van der Waals surface area contributed by atoms with Crippen molar-refractivity contribution >= 4 is 11.0 Å². The zero-order valence-corrected chi connectivity index (χ0v) is 27.5. The minimum Gasteiger partial charge on any atom is -0.508 e. The van der Waals surface area contributed by atoms with Gasteiger partial charge in [-0.15, -0.1) is 0 Å². The predicted molar refractivity (Wildman–Crippen MR) is 170 cm³/mol. The molecule has 19 heteroatoms. The fourth-order valence-corrected chi connectivity index (χ4v) is 6.09. The van der Waals surface area contributed by atoms with Gasteiger partial charge in [-0.05, 0) is 38.1 Å². The van der Waals surface area contributed by atoms with Gasteiger partial charge < -0.3 is 89.0 Å². The third kappa shape index (κ3) is 7.16. The first kappa shape index (κ1) is 38.1. The summed E-state index contributed by atoms with van der Waals surface area (Å²) in [6.07, 6.45) is -23.5. The molecule has 3 saturated heterocycles. The number of hydrogen-bond donors (Lipinski definition) is 11. The van der Waals surface area contributed by atoms with Crippen LogP contribution in [0.3, 0.4) is 0 Å². The maximum atomic E-state index is 14.0. The Morgan fingerprint density at radius 2 is 1.17 bits per heavy atom. The van der Waals surface area contributed by atoms with Gasteiger partial charge in [0.2, 0.25) is 23.8 Å². The summed E-state index contributed by atoms with van der Waals surface area (Å²) in [5, 5.41) is 114. The van der Waals surface area contributed by atoms with Crippen LogP contribution in [0.4, 0.5) is 0 Å². The van der Waals surface area contributed by atoms with Crippen LogP contribution in [0.5, 0.6) is 23.0 Å². The van der Waals surface area contributed by atoms with Crippen molar-refractivity contribution in [2.24, 2.45) is 0 Å². The summed E-state index contributed by atoms with van der Waals surface area (Å²) < 4.78 is 39.5. The summed E-state index contributed by atoms with van der Waals surface area (Å²) in [5.41, 5.74) is -1.16. The Hall–Kier alpha value is -3.67. The maximum Gasteiger partial charge on any atom is 0.239 e. The van der Waals surface area contributed by atoms with Gasteiger partial charge in [0.15, 0.2) is 12.1 Å². The van der Waals surface area contributed by atoms with Gasteiger partial charge in [-0.2, -0.15) is 0 Å². The fraction of sp³-hybridized carbons (Fsp3) is 0.545. The van der Waals surface area contributed by atoms with E-state index in [0.29, 0.717) is 0 Å². The Morgan fingerprint density at radius 3 is 1.79 bits per heavy atom. The van der Waals surface area contributed by atoms with Crippen molar-refractivity contribution in [3.63, 3.8) is 0 Å². The van der Waals surface area contributed by atoms with Crippen molar-refractivity contribution in [3.05, 3.63) is 46.6 Å². The van der Waals surface area contributed by atoms with Gasteiger partial charge in [0.05, 0.1) is 18.8 Å². The van der Waals surface area contributed by atoms with Crippen LogP contribution in [0.25, 0.3) is 22.3 Å². The summed E-state index contributed by atoms with van der Waals surface area (Å²) >= 11 is 0. The van der Waals surface area contributed by atoms with Gasteiger partial charge in [0.1, 0.15) is 89.3 Å². The number of aliphatic hydroxyl groups excluding tert-OH is 9. The molecule has 0 aliphatic carbocycles. The van der Waals surface area contributed by atoms with E-state index in [4.69, 9.17) is 32.8 Å². The highest BCUT2D eigenvalue weighted by atomic mass is 16.7. The molecule has 6 rings (SSSR count). The molecule has 0 radical (unpaired) electrons. The number of phenolic OH excluding ortho intramolecular Hbond substituents is 2. The molecule has 4 heterocycles. The Balaban J connectivity index is 1.32. The van der Waals surface area contributed by atoms with E-state index in [9.17, 15) is 61.0 Å². The van der Waals surface area contributed by atoms with E-state index in [1.165, 1.54) is 44.2 Å². The van der Waals surface area contributed by atoms with Crippen LogP contribution in [0, 0.1) is 0 Å². The van der Waals surface area contributed by atoms with E-state index < -0.39 is 121 Å². The topological polar surface area (TPSA) is 308 Å². The lowest BCUT2D eigenvalue weighted by atomic mass is 9.98. The SMILES string of the molecule is C[C@H]1O[C@@H](OC[C@H]2O[C@@H](Oc3c(-c4ccc(O)cc4)oc4cc(O[C@@H]5O[C@H](C)[C@@H](O)[C@H](O)[C@@H]5O)cc(O)c4c3=O)[C@H](O)[C@@H](O)[C@H]2O)[C@@H](O)[C@@H](O)[C@@H]1O. The molecule has 0 unspecified atom stereocenters. The van der Waals surface area contributed by atoms with E-state index in [1.54, 1.807) is 0 Å². The summed E-state index contributed by atoms with van der Waals surface area (Å²) in [6.45, 7) is 2.25. The van der Waals surface area contributed by atoms with E-state index >= 15 is 0 Å². The highest BCUT2D eigenvalue weighted by Crippen LogP contribution is 2.38. The number of rotatable bonds is 8. The summed E-state index contributed by atoms with van der Waals surface area (Å²) in [6, 6.07) is 7.38. The van der Waals surface area contributed by atoms with Crippen molar-refractivity contribution in [2.45, 2.75) is 106 Å². The third-order valence-electron chi connectivity index (χ3n) is 9.23. The molecule has 2 aromatic carbocycles. The van der Waals surface area contributed by atoms with Gasteiger partial charge in [-0.25, -0.2) is 0 Å². The minimum absolute atomic E-state index is 0.138. The number of aliphatic hydroxyl groups is 9. The lowest BCUT2D eigenvalue weighted by molar-refractivity contribution is -0.318. The van der Waals surface area contributed by atoms with E-state index in [0.717, 1.165) is 6.07 Å². The van der Waals surface area contributed by atoms with Gasteiger partial charge in [-0.3, -0.25) is 4.79 Å². The highest BCUT2D eigenvalue weighted by Gasteiger charge is 2.48. The lowest BCUT2D eigenvalue weighted by Gasteiger charge is -2.42. The van der Waals surface area contributed by atoms with E-state index in [2.05, 4.69) is 0 Å². The Morgan fingerprint density at radius 1 is 0.635 bits per heavy atom. The van der Waals surface area contributed by atoms with Crippen molar-refractivity contribution < 1.29 is 89.0 Å². The number of hydrogen-bond acceptors (Lipinski definition) is 19. The van der Waals surface area contributed by atoms with Gasteiger partial charge in [0, 0.05) is 17.7 Å². The lowest BCUT2D eigenvalue weighted by Crippen LogP contribution is -2.61. The van der Waals surface area contributed by atoms with Crippen molar-refractivity contribution in [2.75, 3.05) is 6.61 Å². The zero-order chi connectivity index (χ0) is 37.8. The molecule has 0 bridgehead atoms. The number of ether oxygens (including phenoxy) is 6. The fourth-order valence-electron chi connectivity index (χ4n) is 6.09. The number of phenols is 2. The second-order valence-corrected chi connectivity index (χ2v) is 12.9. The average molecular weight is 741 g/mol. The molecule has 15 atom stereocenters. The Bertz CT molecular complexity index is 1770. The molecule has 1 aromatic heterocycles. The number of fused-ring (bicyclic) bond motifs is 1. The first-order valence-electron chi connectivity index (χ1n) is 16.2. The molecule has 3 aromatic rings. The maximum absolute atomic E-state index is 14.0. The zero-order valence-electron chi connectivity index (χ0n) is 27.5. The first-order valence-corrected chi connectivity index (χ1v) is 16.2. The molecule has 0 saturated carbocycles. The van der Waals surface area contributed by atoms with Crippen LogP contribution in [0.2, 0.25) is 0 Å². The monoisotopic (exact) mass is 740 g/mol. The smallest absolute Gasteiger partial charge is 0.239 e. The van der Waals surface area contributed by atoms with Crippen LogP contribution in [-0.4, -0.2) is 155 Å². The van der Waals surface area contributed by atoms with Crippen LogP contribution >= 0.6 is 0 Å². The number of aromatic hydroxyl groups is 2. The number of benzene rings is 2. The van der Waals surface area contributed by atoms with Crippen LogP contribution < -0.4 is 14.9 Å². The third-order valence-corrected chi connectivity index (χ3v) is 9.23. The molecular formula is C33H40O19.